The first kappa shape index (κ1) is 48.5. The Morgan fingerprint density at radius 3 is 1.31 bits per heavy atom. The number of carbonyl (C=O) groups is 3. The number of aliphatic hydroxyl groups is 3. The summed E-state index contributed by atoms with van der Waals surface area (Å²) >= 11 is 0. The van der Waals surface area contributed by atoms with E-state index < -0.39 is 69.7 Å². The van der Waals surface area contributed by atoms with Crippen LogP contribution in [0.2, 0.25) is 0 Å². The average molecular weight is 788 g/mol. The topological polar surface area (TPSA) is 176 Å². The second-order valence-electron chi connectivity index (χ2n) is 14.3. The summed E-state index contributed by atoms with van der Waals surface area (Å²) < 4.78 is 65.5. The van der Waals surface area contributed by atoms with Crippen LogP contribution in [-0.4, -0.2) is 69.7 Å². The molecule has 6 N–H and O–H groups in total. The normalized spacial score (nSPS) is 11.7. The lowest BCUT2D eigenvalue weighted by Crippen LogP contribution is -2.39. The van der Waals surface area contributed by atoms with Crippen molar-refractivity contribution < 1.29 is 66.2 Å². The van der Waals surface area contributed by atoms with Gasteiger partial charge in [-0.15, -0.1) is 0 Å². The van der Waals surface area contributed by atoms with E-state index in [2.05, 4.69) is 5.48 Å². The van der Waals surface area contributed by atoms with Crippen LogP contribution in [0.4, 0.5) is 22.0 Å². The Balaban J connectivity index is 0.000000414. The molecule has 0 aliphatic rings. The fraction of sp³-hybridized carbons (Fsp3) is 0.447. The smallest absolute Gasteiger partial charge is 0.393 e. The van der Waals surface area contributed by atoms with Crippen molar-refractivity contribution >= 4 is 17.7 Å². The standard InChI is InChI=1S/C13H16F3NO3.C13H19NO3.C12H15F2NO3/c1-8-4-5-9(10(6-8)13(14,15)16)11(19)17-20-12(2,3)7-18;1-9-5-6-11(10(2)7-9)12(16)14-17-13(3,4)8-15;1-7-4-8(13)10(9(14)5-7)11(17)15-18-12(2,3)6-16/h4-6,18H,7H2,1-3H3,(H,17,19);5-7,15H,8H2,1-4H3,(H,14,16);4-5,16H,6H2,1-3H3,(H,15,17). The number of hydroxylamine groups is 3. The highest BCUT2D eigenvalue weighted by Crippen LogP contribution is 2.32. The molecule has 0 atom stereocenters. The third-order valence-electron chi connectivity index (χ3n) is 7.17. The van der Waals surface area contributed by atoms with Gasteiger partial charge in [0.1, 0.15) is 34.0 Å². The van der Waals surface area contributed by atoms with Crippen LogP contribution in [0.15, 0.2) is 48.5 Å². The first-order chi connectivity index (χ1) is 25.2. The van der Waals surface area contributed by atoms with Gasteiger partial charge in [0.2, 0.25) is 0 Å². The molecule has 3 amide bonds. The Bertz CT molecular complexity index is 1760. The summed E-state index contributed by atoms with van der Waals surface area (Å²) in [6.07, 6.45) is -4.63. The molecular formula is C38H50F5N3O9. The number of aliphatic hydroxyl groups excluding tert-OH is 3. The molecule has 17 heteroatoms. The first-order valence-corrected chi connectivity index (χ1v) is 16.7. The van der Waals surface area contributed by atoms with Crippen LogP contribution < -0.4 is 16.4 Å². The number of hydrogen-bond donors (Lipinski definition) is 6. The summed E-state index contributed by atoms with van der Waals surface area (Å²) in [5.74, 6) is -4.28. The molecule has 0 saturated carbocycles. The zero-order chi connectivity index (χ0) is 42.5. The second-order valence-corrected chi connectivity index (χ2v) is 14.3. The summed E-state index contributed by atoms with van der Waals surface area (Å²) in [6.45, 7) is 15.3. The summed E-state index contributed by atoms with van der Waals surface area (Å²) in [5.41, 5.74) is 4.36. The summed E-state index contributed by atoms with van der Waals surface area (Å²) in [4.78, 5) is 50.0. The Morgan fingerprint density at radius 2 is 0.927 bits per heavy atom. The number of hydrogen-bond acceptors (Lipinski definition) is 9. The van der Waals surface area contributed by atoms with Crippen LogP contribution in [0.1, 0.15) is 100 Å². The quantitative estimate of drug-likeness (QED) is 0.0967. The van der Waals surface area contributed by atoms with Crippen LogP contribution in [0.25, 0.3) is 0 Å². The minimum absolute atomic E-state index is 0.167. The number of aryl methyl sites for hydroxylation is 4. The molecule has 0 fully saturated rings. The molecule has 3 aromatic carbocycles. The van der Waals surface area contributed by atoms with E-state index in [0.29, 0.717) is 16.7 Å². The lowest BCUT2D eigenvalue weighted by atomic mass is 10.0. The maximum absolute atomic E-state index is 13.5. The highest BCUT2D eigenvalue weighted by molar-refractivity contribution is 5.96. The number of halogens is 5. The van der Waals surface area contributed by atoms with Crippen molar-refractivity contribution in [3.8, 4) is 0 Å². The molecule has 3 aromatic rings. The molecule has 0 saturated heterocycles. The van der Waals surface area contributed by atoms with Gasteiger partial charge in [-0.25, -0.2) is 25.2 Å². The molecule has 0 heterocycles. The first-order valence-electron chi connectivity index (χ1n) is 16.7. The Labute approximate surface area is 316 Å². The third-order valence-corrected chi connectivity index (χ3v) is 7.17. The fourth-order valence-electron chi connectivity index (χ4n) is 3.89. The van der Waals surface area contributed by atoms with Gasteiger partial charge in [-0.2, -0.15) is 13.2 Å². The minimum Gasteiger partial charge on any atom is -0.393 e. The van der Waals surface area contributed by atoms with Crippen molar-refractivity contribution in [3.05, 3.63) is 105 Å². The van der Waals surface area contributed by atoms with Gasteiger partial charge in [0.05, 0.1) is 30.9 Å². The molecule has 0 aliphatic heterocycles. The number of nitrogens with one attached hydrogen (secondary N) is 3. The number of rotatable bonds is 12. The van der Waals surface area contributed by atoms with Crippen molar-refractivity contribution in [2.75, 3.05) is 19.8 Å². The molecule has 306 valence electrons. The maximum atomic E-state index is 13.5. The summed E-state index contributed by atoms with van der Waals surface area (Å²) in [5, 5.41) is 26.8. The Morgan fingerprint density at radius 1 is 0.564 bits per heavy atom. The van der Waals surface area contributed by atoms with Crippen LogP contribution in [-0.2, 0) is 20.7 Å². The molecule has 3 rings (SSSR count). The predicted octanol–water partition coefficient (Wildman–Crippen LogP) is 5.89. The van der Waals surface area contributed by atoms with Crippen LogP contribution in [0.5, 0.6) is 0 Å². The van der Waals surface area contributed by atoms with E-state index in [0.717, 1.165) is 35.4 Å². The lowest BCUT2D eigenvalue weighted by molar-refractivity contribution is -0.138. The molecule has 12 nitrogen and oxygen atoms in total. The maximum Gasteiger partial charge on any atom is 0.417 e. The van der Waals surface area contributed by atoms with Gasteiger partial charge in [0.15, 0.2) is 0 Å². The van der Waals surface area contributed by atoms with Gasteiger partial charge in [0.25, 0.3) is 17.7 Å². The molecule has 55 heavy (non-hydrogen) atoms. The number of benzene rings is 3. The highest BCUT2D eigenvalue weighted by atomic mass is 19.4. The number of alkyl halides is 3. The van der Waals surface area contributed by atoms with Gasteiger partial charge >= 0.3 is 6.18 Å². The average Bonchev–Trinajstić information content (AvgIpc) is 3.08. The number of carbonyl (C=O) groups excluding carboxylic acids is 3. The van der Waals surface area contributed by atoms with E-state index in [1.165, 1.54) is 47.6 Å². The number of amides is 3. The van der Waals surface area contributed by atoms with Crippen molar-refractivity contribution in [1.82, 2.24) is 16.4 Å². The van der Waals surface area contributed by atoms with Crippen molar-refractivity contribution in [2.45, 2.75) is 92.2 Å². The summed E-state index contributed by atoms with van der Waals surface area (Å²) in [6, 6.07) is 11.1. The van der Waals surface area contributed by atoms with E-state index in [9.17, 15) is 36.3 Å². The monoisotopic (exact) mass is 787 g/mol. The summed E-state index contributed by atoms with van der Waals surface area (Å²) in [7, 11) is 0. The molecule has 0 spiro atoms. The molecule has 0 aromatic heterocycles. The van der Waals surface area contributed by atoms with E-state index in [1.54, 1.807) is 19.9 Å². The fourth-order valence-corrected chi connectivity index (χ4v) is 3.89. The van der Waals surface area contributed by atoms with E-state index in [1.807, 2.05) is 36.9 Å². The van der Waals surface area contributed by atoms with Crippen LogP contribution in [0.3, 0.4) is 0 Å². The minimum atomic E-state index is -4.63. The predicted molar refractivity (Wildman–Crippen MR) is 192 cm³/mol. The third kappa shape index (κ3) is 16.4. The van der Waals surface area contributed by atoms with Crippen LogP contribution >= 0.6 is 0 Å². The van der Waals surface area contributed by atoms with Crippen molar-refractivity contribution in [2.24, 2.45) is 0 Å². The zero-order valence-electron chi connectivity index (χ0n) is 32.4. The molecule has 0 unspecified atom stereocenters. The van der Waals surface area contributed by atoms with E-state index >= 15 is 0 Å². The van der Waals surface area contributed by atoms with Crippen molar-refractivity contribution in [1.29, 1.82) is 0 Å². The van der Waals surface area contributed by atoms with Gasteiger partial charge in [-0.1, -0.05) is 29.3 Å². The molecular weight excluding hydrogens is 737 g/mol. The molecule has 0 bridgehead atoms. The Kier molecular flexibility index (Phi) is 18.0. The lowest BCUT2D eigenvalue weighted by Gasteiger charge is -2.22. The SMILES string of the molecule is Cc1cc(F)c(C(=O)NOC(C)(C)CO)c(F)c1.Cc1ccc(C(=O)NOC(C)(C)CO)c(C(F)(F)F)c1.Cc1ccc(C(=O)NOC(C)(C)CO)c(C)c1. The van der Waals surface area contributed by atoms with Gasteiger partial charge in [0, 0.05) is 5.56 Å². The van der Waals surface area contributed by atoms with Crippen LogP contribution in [0, 0.1) is 39.3 Å². The molecule has 0 radical (unpaired) electrons. The van der Waals surface area contributed by atoms with Gasteiger partial charge < -0.3 is 15.3 Å². The van der Waals surface area contributed by atoms with Crippen molar-refractivity contribution in [3.63, 3.8) is 0 Å². The Hall–Kier alpha value is -4.52. The largest absolute Gasteiger partial charge is 0.417 e. The van der Waals surface area contributed by atoms with Gasteiger partial charge in [-0.05, 0) is 111 Å². The second kappa shape index (κ2) is 20.4. The zero-order valence-corrected chi connectivity index (χ0v) is 32.4. The molecule has 0 aliphatic carbocycles. The van der Waals surface area contributed by atoms with E-state index in [4.69, 9.17) is 29.8 Å². The van der Waals surface area contributed by atoms with Gasteiger partial charge in [-0.3, -0.25) is 28.9 Å². The highest BCUT2D eigenvalue weighted by Gasteiger charge is 2.35. The van der Waals surface area contributed by atoms with E-state index in [-0.39, 0.29) is 19.1 Å².